The lowest BCUT2D eigenvalue weighted by Crippen LogP contribution is -2.26. The van der Waals surface area contributed by atoms with Gasteiger partial charge in [0.25, 0.3) is 5.69 Å². The highest BCUT2D eigenvalue weighted by Crippen LogP contribution is 2.32. The van der Waals surface area contributed by atoms with Gasteiger partial charge in [-0.15, -0.1) is 0 Å². The molecule has 0 bridgehead atoms. The largest absolute Gasteiger partial charge is 0.480 e. The number of hydrogen-bond donors (Lipinski definition) is 1. The fraction of sp³-hybridized carbons (Fsp3) is 0.250. The zero-order chi connectivity index (χ0) is 12.3. The number of carboxylic acids is 1. The second-order valence-corrected chi connectivity index (χ2v) is 3.33. The summed E-state index contributed by atoms with van der Waals surface area (Å²) in [6, 6.07) is 1.17. The summed E-state index contributed by atoms with van der Waals surface area (Å²) >= 11 is 5.70. The first kappa shape index (κ1) is 12.2. The van der Waals surface area contributed by atoms with Crippen LogP contribution in [0.4, 0.5) is 11.4 Å². The lowest BCUT2D eigenvalue weighted by Gasteiger charge is -2.16. The van der Waals surface area contributed by atoms with Crippen LogP contribution in [0.2, 0.25) is 5.15 Å². The molecule has 0 aliphatic carbocycles. The highest BCUT2D eigenvalue weighted by molar-refractivity contribution is 6.32. The molecule has 0 spiro atoms. The SMILES string of the molecule is CN(CC(=O)O)c1c([N+](=O)[O-])ccnc1Cl. The number of nitrogens with zero attached hydrogens (tertiary/aromatic N) is 3. The van der Waals surface area contributed by atoms with Crippen LogP contribution in [0, 0.1) is 10.1 Å². The summed E-state index contributed by atoms with van der Waals surface area (Å²) in [5.41, 5.74) is -0.277. The van der Waals surface area contributed by atoms with Crippen LogP contribution >= 0.6 is 11.6 Å². The highest BCUT2D eigenvalue weighted by atomic mass is 35.5. The van der Waals surface area contributed by atoms with Gasteiger partial charge >= 0.3 is 5.97 Å². The molecule has 1 rings (SSSR count). The average molecular weight is 246 g/mol. The minimum atomic E-state index is -1.11. The van der Waals surface area contributed by atoms with E-state index in [0.29, 0.717) is 0 Å². The molecule has 1 aromatic heterocycles. The van der Waals surface area contributed by atoms with E-state index in [1.807, 2.05) is 0 Å². The lowest BCUT2D eigenvalue weighted by molar-refractivity contribution is -0.384. The molecule has 0 saturated carbocycles. The third kappa shape index (κ3) is 2.57. The van der Waals surface area contributed by atoms with Gasteiger partial charge in [-0.1, -0.05) is 11.6 Å². The van der Waals surface area contributed by atoms with Crippen molar-refractivity contribution in [2.45, 2.75) is 0 Å². The van der Waals surface area contributed by atoms with E-state index in [9.17, 15) is 14.9 Å². The number of halogens is 1. The Bertz CT molecular complexity index is 437. The van der Waals surface area contributed by atoms with Gasteiger partial charge < -0.3 is 10.0 Å². The van der Waals surface area contributed by atoms with Crippen LogP contribution in [0.25, 0.3) is 0 Å². The summed E-state index contributed by atoms with van der Waals surface area (Å²) < 4.78 is 0. The predicted molar refractivity (Wildman–Crippen MR) is 56.8 cm³/mol. The normalized spacial score (nSPS) is 9.88. The van der Waals surface area contributed by atoms with Crippen LogP contribution < -0.4 is 4.90 Å². The van der Waals surface area contributed by atoms with Gasteiger partial charge in [0.15, 0.2) is 10.8 Å². The van der Waals surface area contributed by atoms with E-state index in [2.05, 4.69) is 4.98 Å². The van der Waals surface area contributed by atoms with E-state index in [-0.39, 0.29) is 16.5 Å². The van der Waals surface area contributed by atoms with Crippen molar-refractivity contribution in [3.05, 3.63) is 27.5 Å². The molecule has 0 aromatic carbocycles. The van der Waals surface area contributed by atoms with Crippen molar-refractivity contribution >= 4 is 28.9 Å². The first-order chi connectivity index (χ1) is 7.43. The predicted octanol–water partition coefficient (Wildman–Crippen LogP) is 1.16. The van der Waals surface area contributed by atoms with Crippen molar-refractivity contribution in [3.63, 3.8) is 0 Å². The van der Waals surface area contributed by atoms with E-state index < -0.39 is 17.4 Å². The van der Waals surface area contributed by atoms with Crippen LogP contribution in [-0.2, 0) is 4.79 Å². The number of rotatable bonds is 4. The summed E-state index contributed by atoms with van der Waals surface area (Å²) in [4.78, 5) is 25.4. The molecule has 0 fully saturated rings. The Morgan fingerprint density at radius 1 is 1.75 bits per heavy atom. The Labute approximate surface area is 95.4 Å². The number of likely N-dealkylation sites (N-methyl/N-ethyl adjacent to an activating group) is 1. The maximum Gasteiger partial charge on any atom is 0.323 e. The van der Waals surface area contributed by atoms with E-state index in [0.717, 1.165) is 4.90 Å². The Morgan fingerprint density at radius 2 is 2.38 bits per heavy atom. The molecule has 0 atom stereocenters. The minimum absolute atomic E-state index is 0.00318. The standard InChI is InChI=1S/C8H8ClN3O4/c1-11(4-6(13)14)7-5(12(15)16)2-3-10-8(7)9/h2-3H,4H2,1H3,(H,13,14). The molecule has 0 amide bonds. The molecule has 86 valence electrons. The fourth-order valence-corrected chi connectivity index (χ4v) is 1.50. The summed E-state index contributed by atoms with van der Waals surface area (Å²) in [7, 11) is 1.39. The maximum absolute atomic E-state index is 10.7. The smallest absolute Gasteiger partial charge is 0.323 e. The quantitative estimate of drug-likeness (QED) is 0.486. The number of aromatic nitrogens is 1. The third-order valence-electron chi connectivity index (χ3n) is 1.81. The van der Waals surface area contributed by atoms with Crippen molar-refractivity contribution in [2.24, 2.45) is 0 Å². The van der Waals surface area contributed by atoms with Gasteiger partial charge in [-0.2, -0.15) is 0 Å². The molecule has 1 N–H and O–H groups in total. The minimum Gasteiger partial charge on any atom is -0.480 e. The first-order valence-corrected chi connectivity index (χ1v) is 4.53. The van der Waals surface area contributed by atoms with Crippen molar-refractivity contribution in [1.82, 2.24) is 4.98 Å². The van der Waals surface area contributed by atoms with Gasteiger partial charge in [0, 0.05) is 19.3 Å². The van der Waals surface area contributed by atoms with Gasteiger partial charge in [0.1, 0.15) is 6.54 Å². The molecule has 0 saturated heterocycles. The zero-order valence-electron chi connectivity index (χ0n) is 8.25. The molecule has 8 heteroatoms. The number of hydrogen-bond acceptors (Lipinski definition) is 5. The van der Waals surface area contributed by atoms with E-state index in [1.165, 1.54) is 19.3 Å². The van der Waals surface area contributed by atoms with E-state index in [4.69, 9.17) is 16.7 Å². The molecular weight excluding hydrogens is 238 g/mol. The lowest BCUT2D eigenvalue weighted by atomic mass is 10.3. The first-order valence-electron chi connectivity index (χ1n) is 4.15. The number of carbonyl (C=O) groups is 1. The van der Waals surface area contributed by atoms with Crippen LogP contribution in [-0.4, -0.2) is 34.6 Å². The second kappa shape index (κ2) is 4.75. The van der Waals surface area contributed by atoms with E-state index in [1.54, 1.807) is 0 Å². The summed E-state index contributed by atoms with van der Waals surface area (Å²) in [5.74, 6) is -1.11. The molecule has 0 radical (unpaired) electrons. The van der Waals surface area contributed by atoms with Crippen molar-refractivity contribution in [3.8, 4) is 0 Å². The fourth-order valence-electron chi connectivity index (χ4n) is 1.20. The summed E-state index contributed by atoms with van der Waals surface area (Å²) in [6.45, 7) is -0.397. The molecular formula is C8H8ClN3O4. The summed E-state index contributed by atoms with van der Waals surface area (Å²) in [6.07, 6.45) is 1.19. The molecule has 0 aliphatic heterocycles. The monoisotopic (exact) mass is 245 g/mol. The Kier molecular flexibility index (Phi) is 3.62. The number of carboxylic acid groups (broad SMARTS) is 1. The van der Waals surface area contributed by atoms with Crippen molar-refractivity contribution in [1.29, 1.82) is 0 Å². The average Bonchev–Trinajstić information content (AvgIpc) is 2.15. The number of anilines is 1. The molecule has 1 heterocycles. The molecule has 16 heavy (non-hydrogen) atoms. The van der Waals surface area contributed by atoms with Crippen molar-refractivity contribution < 1.29 is 14.8 Å². The number of aliphatic carboxylic acids is 1. The molecule has 0 aliphatic rings. The van der Waals surface area contributed by atoms with Gasteiger partial charge in [-0.05, 0) is 0 Å². The van der Waals surface area contributed by atoms with Crippen LogP contribution in [0.3, 0.4) is 0 Å². The van der Waals surface area contributed by atoms with Gasteiger partial charge in [-0.3, -0.25) is 14.9 Å². The zero-order valence-corrected chi connectivity index (χ0v) is 9.01. The topological polar surface area (TPSA) is 96.6 Å². The Balaban J connectivity index is 3.19. The van der Waals surface area contributed by atoms with Crippen molar-refractivity contribution in [2.75, 3.05) is 18.5 Å². The Hall–Kier alpha value is -1.89. The van der Waals surface area contributed by atoms with Gasteiger partial charge in [-0.25, -0.2) is 4.98 Å². The highest BCUT2D eigenvalue weighted by Gasteiger charge is 2.22. The number of pyridine rings is 1. The van der Waals surface area contributed by atoms with Crippen LogP contribution in [0.5, 0.6) is 0 Å². The number of nitro groups is 1. The maximum atomic E-state index is 10.7. The molecule has 0 unspecified atom stereocenters. The molecule has 1 aromatic rings. The Morgan fingerprint density at radius 3 is 2.88 bits per heavy atom. The third-order valence-corrected chi connectivity index (χ3v) is 2.09. The van der Waals surface area contributed by atoms with Gasteiger partial charge in [0.2, 0.25) is 0 Å². The second-order valence-electron chi connectivity index (χ2n) is 2.98. The van der Waals surface area contributed by atoms with Crippen LogP contribution in [0.15, 0.2) is 12.3 Å². The summed E-state index contributed by atoms with van der Waals surface area (Å²) in [5, 5.41) is 19.2. The van der Waals surface area contributed by atoms with Gasteiger partial charge in [0.05, 0.1) is 4.92 Å². The molecule has 7 nitrogen and oxygen atoms in total. The van der Waals surface area contributed by atoms with Crippen LogP contribution in [0.1, 0.15) is 0 Å². The van der Waals surface area contributed by atoms with E-state index >= 15 is 0 Å².